The van der Waals surface area contributed by atoms with Crippen LogP contribution in [0.3, 0.4) is 0 Å². The van der Waals surface area contributed by atoms with Crippen LogP contribution in [0.5, 0.6) is 5.75 Å². The highest BCUT2D eigenvalue weighted by Crippen LogP contribution is 2.30. The number of ether oxygens (including phenoxy) is 1. The number of halogens is 1. The number of methoxy groups -OCH3 is 1. The van der Waals surface area contributed by atoms with Crippen molar-refractivity contribution >= 4 is 44.0 Å². The Bertz CT molecular complexity index is 1310. The summed E-state index contributed by atoms with van der Waals surface area (Å²) in [6.07, 6.45) is 0. The van der Waals surface area contributed by atoms with Crippen LogP contribution in [0.2, 0.25) is 5.02 Å². The summed E-state index contributed by atoms with van der Waals surface area (Å²) in [6.45, 7) is 0. The maximum atomic E-state index is 13.0. The predicted molar refractivity (Wildman–Crippen MR) is 118 cm³/mol. The molecule has 1 N–H and O–H groups in total. The van der Waals surface area contributed by atoms with Crippen LogP contribution in [0, 0.1) is 0 Å². The van der Waals surface area contributed by atoms with Gasteiger partial charge in [0.25, 0.3) is 0 Å². The van der Waals surface area contributed by atoms with Gasteiger partial charge >= 0.3 is 0 Å². The topological polar surface area (TPSA) is 81.2 Å². The lowest BCUT2D eigenvalue weighted by atomic mass is 10.2. The molecule has 8 heteroatoms. The van der Waals surface area contributed by atoms with E-state index in [0.717, 1.165) is 0 Å². The van der Waals surface area contributed by atoms with Crippen LogP contribution in [0.15, 0.2) is 77.7 Å². The highest BCUT2D eigenvalue weighted by molar-refractivity contribution is 7.90. The summed E-state index contributed by atoms with van der Waals surface area (Å²) < 4.78 is 31.2. The number of anilines is 2. The molecule has 0 spiro atoms. The maximum Gasteiger partial charge on any atom is 0.184 e. The molecule has 0 aliphatic heterocycles. The first kappa shape index (κ1) is 20.1. The van der Waals surface area contributed by atoms with Crippen molar-refractivity contribution in [2.24, 2.45) is 0 Å². The second-order valence-electron chi connectivity index (χ2n) is 6.55. The number of hydrogen-bond acceptors (Lipinski definition) is 6. The highest BCUT2D eigenvalue weighted by atomic mass is 35.5. The molecule has 0 atom stereocenters. The molecule has 1 aromatic heterocycles. The third-order valence-corrected chi connectivity index (χ3v) is 6.44. The number of fused-ring (bicyclic) bond motifs is 1. The van der Waals surface area contributed by atoms with E-state index < -0.39 is 9.84 Å². The molecule has 0 amide bonds. The molecule has 0 unspecified atom stereocenters. The van der Waals surface area contributed by atoms with Crippen LogP contribution in [0.25, 0.3) is 11.0 Å². The second-order valence-corrected chi connectivity index (χ2v) is 8.95. The number of benzene rings is 3. The van der Waals surface area contributed by atoms with Gasteiger partial charge < -0.3 is 10.1 Å². The molecule has 4 rings (SSSR count). The van der Waals surface area contributed by atoms with E-state index in [1.807, 2.05) is 18.2 Å². The third kappa shape index (κ3) is 4.22. The molecule has 3 aromatic carbocycles. The zero-order valence-corrected chi connectivity index (χ0v) is 17.6. The first-order valence-corrected chi connectivity index (χ1v) is 11.1. The Morgan fingerprint density at radius 2 is 1.60 bits per heavy atom. The van der Waals surface area contributed by atoms with Crippen molar-refractivity contribution in [3.05, 3.63) is 83.5 Å². The van der Waals surface area contributed by atoms with E-state index >= 15 is 0 Å². The van der Waals surface area contributed by atoms with Crippen molar-refractivity contribution in [2.75, 3.05) is 12.4 Å². The SMILES string of the molecule is COc1cc(Nc2nc3ccccc3nc2CS(=O)(=O)c2ccccc2)ccc1Cl. The predicted octanol–water partition coefficient (Wildman–Crippen LogP) is 5.01. The van der Waals surface area contributed by atoms with E-state index in [1.54, 1.807) is 54.6 Å². The molecule has 0 aliphatic rings. The molecule has 0 aliphatic carbocycles. The van der Waals surface area contributed by atoms with Gasteiger partial charge in [-0.15, -0.1) is 0 Å². The molecule has 0 radical (unpaired) electrons. The smallest absolute Gasteiger partial charge is 0.184 e. The fraction of sp³-hybridized carbons (Fsp3) is 0.0909. The molecule has 0 fully saturated rings. The molecule has 0 saturated heterocycles. The fourth-order valence-electron chi connectivity index (χ4n) is 3.00. The standard InChI is InChI=1S/C22H18ClN3O3S/c1-29-21-13-15(11-12-17(21)23)24-22-20(25-18-9-5-6-10-19(18)26-22)14-30(27,28)16-7-3-2-4-8-16/h2-13H,14H2,1H3,(H,24,26). The normalized spacial score (nSPS) is 11.4. The second kappa shape index (κ2) is 8.30. The highest BCUT2D eigenvalue weighted by Gasteiger charge is 2.20. The Morgan fingerprint density at radius 1 is 0.933 bits per heavy atom. The molecule has 0 saturated carbocycles. The van der Waals surface area contributed by atoms with E-state index in [-0.39, 0.29) is 10.6 Å². The van der Waals surface area contributed by atoms with Gasteiger partial charge in [-0.05, 0) is 36.4 Å². The van der Waals surface area contributed by atoms with E-state index in [4.69, 9.17) is 16.3 Å². The Morgan fingerprint density at radius 3 is 2.30 bits per heavy atom. The number of para-hydroxylation sites is 2. The molecule has 30 heavy (non-hydrogen) atoms. The van der Waals surface area contributed by atoms with Gasteiger partial charge in [-0.3, -0.25) is 0 Å². The molecular weight excluding hydrogens is 422 g/mol. The fourth-order valence-corrected chi connectivity index (χ4v) is 4.50. The summed E-state index contributed by atoms with van der Waals surface area (Å²) >= 11 is 6.10. The zero-order chi connectivity index (χ0) is 21.1. The first-order valence-electron chi connectivity index (χ1n) is 9.10. The van der Waals surface area contributed by atoms with Crippen molar-refractivity contribution in [3.63, 3.8) is 0 Å². The minimum Gasteiger partial charge on any atom is -0.495 e. The molecule has 0 bridgehead atoms. The molecule has 6 nitrogen and oxygen atoms in total. The number of nitrogens with one attached hydrogen (secondary N) is 1. The van der Waals surface area contributed by atoms with Crippen molar-refractivity contribution in [1.29, 1.82) is 0 Å². The van der Waals surface area contributed by atoms with Gasteiger partial charge in [-0.2, -0.15) is 0 Å². The van der Waals surface area contributed by atoms with Gasteiger partial charge in [0.2, 0.25) is 0 Å². The minimum atomic E-state index is -3.60. The van der Waals surface area contributed by atoms with Crippen molar-refractivity contribution in [1.82, 2.24) is 9.97 Å². The van der Waals surface area contributed by atoms with Gasteiger partial charge in [-0.1, -0.05) is 41.9 Å². The minimum absolute atomic E-state index is 0.235. The maximum absolute atomic E-state index is 13.0. The van der Waals surface area contributed by atoms with E-state index in [9.17, 15) is 8.42 Å². The summed E-state index contributed by atoms with van der Waals surface area (Å²) in [7, 11) is -2.08. The monoisotopic (exact) mass is 439 g/mol. The summed E-state index contributed by atoms with van der Waals surface area (Å²) in [5, 5.41) is 3.64. The number of rotatable bonds is 6. The Labute approximate surface area is 179 Å². The summed E-state index contributed by atoms with van der Waals surface area (Å²) in [5.74, 6) is 0.563. The number of nitrogens with zero attached hydrogens (tertiary/aromatic N) is 2. The third-order valence-electron chi connectivity index (χ3n) is 4.49. The lowest BCUT2D eigenvalue weighted by Gasteiger charge is -2.13. The van der Waals surface area contributed by atoms with Crippen molar-refractivity contribution in [3.8, 4) is 5.75 Å². The summed E-state index contributed by atoms with van der Waals surface area (Å²) in [6, 6.07) is 20.8. The van der Waals surface area contributed by atoms with Crippen LogP contribution in [0.1, 0.15) is 5.69 Å². The van der Waals surface area contributed by atoms with Crippen LogP contribution >= 0.6 is 11.6 Å². The Hall–Kier alpha value is -3.16. The largest absolute Gasteiger partial charge is 0.495 e. The van der Waals surface area contributed by atoms with Crippen LogP contribution in [0.4, 0.5) is 11.5 Å². The van der Waals surface area contributed by atoms with Gasteiger partial charge in [0.15, 0.2) is 15.7 Å². The van der Waals surface area contributed by atoms with Crippen LogP contribution in [-0.2, 0) is 15.6 Å². The molecule has 1 heterocycles. The van der Waals surface area contributed by atoms with Crippen molar-refractivity contribution < 1.29 is 13.2 Å². The van der Waals surface area contributed by atoms with Crippen LogP contribution in [-0.4, -0.2) is 25.5 Å². The molecule has 4 aromatic rings. The van der Waals surface area contributed by atoms with Gasteiger partial charge in [0.1, 0.15) is 11.5 Å². The van der Waals surface area contributed by atoms with Gasteiger partial charge in [0, 0.05) is 11.8 Å². The number of hydrogen-bond donors (Lipinski definition) is 1. The van der Waals surface area contributed by atoms with Crippen LogP contribution < -0.4 is 10.1 Å². The van der Waals surface area contributed by atoms with Crippen molar-refractivity contribution in [2.45, 2.75) is 10.6 Å². The molecular formula is C22H18ClN3O3S. The Balaban J connectivity index is 1.78. The van der Waals surface area contributed by atoms with Gasteiger partial charge in [0.05, 0.1) is 33.8 Å². The average Bonchev–Trinajstić information content (AvgIpc) is 2.76. The number of aromatic nitrogens is 2. The summed E-state index contributed by atoms with van der Waals surface area (Å²) in [5.41, 5.74) is 2.25. The molecule has 152 valence electrons. The number of sulfone groups is 1. The van der Waals surface area contributed by atoms with E-state index in [0.29, 0.717) is 39.0 Å². The quantitative estimate of drug-likeness (QED) is 0.454. The zero-order valence-electron chi connectivity index (χ0n) is 16.0. The lowest BCUT2D eigenvalue weighted by Crippen LogP contribution is -2.10. The lowest BCUT2D eigenvalue weighted by molar-refractivity contribution is 0.415. The first-order chi connectivity index (χ1) is 14.5. The summed E-state index contributed by atoms with van der Waals surface area (Å²) in [4.78, 5) is 9.43. The average molecular weight is 440 g/mol. The van der Waals surface area contributed by atoms with E-state index in [1.165, 1.54) is 7.11 Å². The van der Waals surface area contributed by atoms with Gasteiger partial charge in [-0.25, -0.2) is 18.4 Å². The van der Waals surface area contributed by atoms with E-state index in [2.05, 4.69) is 15.3 Å². The Kier molecular flexibility index (Phi) is 5.57.